The number of aliphatic hydroxyl groups is 1. The molecule has 1 aromatic rings. The number of amides is 3. The molecule has 0 aromatic carbocycles. The third-order valence-corrected chi connectivity index (χ3v) is 3.80. The summed E-state index contributed by atoms with van der Waals surface area (Å²) in [5.41, 5.74) is 16.6. The van der Waals surface area contributed by atoms with Gasteiger partial charge in [0.25, 0.3) is 0 Å². The van der Waals surface area contributed by atoms with E-state index >= 15 is 0 Å². The van der Waals surface area contributed by atoms with Crippen LogP contribution in [0.3, 0.4) is 0 Å². The molecular formula is C15H27N7O6. The van der Waals surface area contributed by atoms with Crippen LogP contribution < -0.4 is 27.8 Å². The largest absolute Gasteiger partial charge is 0.480 e. The Morgan fingerprint density at radius 3 is 2.46 bits per heavy atom. The Balaban J connectivity index is 2.84. The van der Waals surface area contributed by atoms with Crippen molar-refractivity contribution < 1.29 is 29.1 Å². The van der Waals surface area contributed by atoms with Gasteiger partial charge < -0.3 is 42.6 Å². The summed E-state index contributed by atoms with van der Waals surface area (Å²) in [6, 6.07) is -4.13. The first-order valence-electron chi connectivity index (χ1n) is 8.71. The number of aliphatic hydroxyl groups excluding tert-OH is 1. The van der Waals surface area contributed by atoms with Crippen molar-refractivity contribution in [2.24, 2.45) is 17.2 Å². The number of aliphatic carboxylic acids is 1. The van der Waals surface area contributed by atoms with Gasteiger partial charge in [-0.2, -0.15) is 4.98 Å². The summed E-state index contributed by atoms with van der Waals surface area (Å²) >= 11 is 0. The predicted molar refractivity (Wildman–Crippen MR) is 95.5 cm³/mol. The summed E-state index contributed by atoms with van der Waals surface area (Å²) in [5.74, 6) is -2.11. The van der Waals surface area contributed by atoms with Gasteiger partial charge in [0.2, 0.25) is 11.8 Å². The number of carbonyl (C=O) groups is 3. The Bertz CT molecular complexity index is 665. The van der Waals surface area contributed by atoms with E-state index in [1.54, 1.807) is 0 Å². The van der Waals surface area contributed by atoms with Crippen LogP contribution in [0.2, 0.25) is 0 Å². The number of nitrogens with one attached hydrogen (secondary N) is 2. The number of nitrogens with zero attached hydrogens (tertiary/aromatic N) is 2. The lowest BCUT2D eigenvalue weighted by Crippen LogP contribution is -2.52. The minimum absolute atomic E-state index is 0.109. The number of carboxylic acid groups (broad SMARTS) is 1. The van der Waals surface area contributed by atoms with E-state index in [-0.39, 0.29) is 18.1 Å². The van der Waals surface area contributed by atoms with Crippen molar-refractivity contribution in [2.45, 2.75) is 56.8 Å². The van der Waals surface area contributed by atoms with Gasteiger partial charge in [0.1, 0.15) is 6.04 Å². The van der Waals surface area contributed by atoms with Gasteiger partial charge in [-0.25, -0.2) is 9.59 Å². The maximum absolute atomic E-state index is 12.1. The Morgan fingerprint density at radius 2 is 1.93 bits per heavy atom. The molecule has 0 bridgehead atoms. The highest BCUT2D eigenvalue weighted by atomic mass is 16.5. The summed E-state index contributed by atoms with van der Waals surface area (Å²) in [4.78, 5) is 38.5. The van der Waals surface area contributed by atoms with Crippen LogP contribution in [0.4, 0.5) is 4.79 Å². The minimum atomic E-state index is -1.55. The second-order valence-electron chi connectivity index (χ2n) is 6.28. The quantitative estimate of drug-likeness (QED) is 0.195. The second-order valence-corrected chi connectivity index (χ2v) is 6.28. The number of unbranched alkanes of at least 4 members (excludes halogenated alkanes) is 1. The molecule has 1 rings (SSSR count). The van der Waals surface area contributed by atoms with Crippen molar-refractivity contribution in [3.63, 3.8) is 0 Å². The smallest absolute Gasteiger partial charge is 0.328 e. The average Bonchev–Trinajstić information content (AvgIpc) is 3.08. The Hall–Kier alpha value is -2.77. The molecule has 13 heteroatoms. The first kappa shape index (κ1) is 23.3. The zero-order chi connectivity index (χ0) is 21.3. The topological polar surface area (TPSA) is 233 Å². The molecule has 0 saturated heterocycles. The van der Waals surface area contributed by atoms with Crippen LogP contribution in [0.25, 0.3) is 0 Å². The van der Waals surface area contributed by atoms with Crippen molar-refractivity contribution in [2.75, 3.05) is 6.54 Å². The van der Waals surface area contributed by atoms with Crippen LogP contribution >= 0.6 is 0 Å². The van der Waals surface area contributed by atoms with Gasteiger partial charge in [-0.3, -0.25) is 4.79 Å². The van der Waals surface area contributed by atoms with E-state index in [0.717, 1.165) is 12.8 Å². The summed E-state index contributed by atoms with van der Waals surface area (Å²) < 4.78 is 5.07. The van der Waals surface area contributed by atoms with Crippen LogP contribution in [0.15, 0.2) is 4.52 Å². The Morgan fingerprint density at radius 1 is 1.25 bits per heavy atom. The summed E-state index contributed by atoms with van der Waals surface area (Å²) in [7, 11) is 0. The van der Waals surface area contributed by atoms with Crippen LogP contribution in [0, 0.1) is 0 Å². The molecule has 2 unspecified atom stereocenters. The van der Waals surface area contributed by atoms with E-state index in [2.05, 4.69) is 20.8 Å². The van der Waals surface area contributed by atoms with E-state index < -0.39 is 42.1 Å². The van der Waals surface area contributed by atoms with Crippen LogP contribution in [-0.2, 0) is 9.59 Å². The summed E-state index contributed by atoms with van der Waals surface area (Å²) in [5, 5.41) is 26.6. The zero-order valence-corrected chi connectivity index (χ0v) is 15.5. The first-order chi connectivity index (χ1) is 13.1. The third kappa shape index (κ3) is 7.46. The fraction of sp³-hybridized carbons (Fsp3) is 0.667. The van der Waals surface area contributed by atoms with Gasteiger partial charge in [-0.1, -0.05) is 11.6 Å². The molecule has 0 saturated carbocycles. The first-order valence-corrected chi connectivity index (χ1v) is 8.71. The standard InChI is InChI=1S/C15H27N7O6/c1-7(23)11(14(25)26)20-15(27)19-9(6-10(18)24)13-21-12(22-28-13)8(17)4-2-3-5-16/h7-9,11,23H,2-6,16-17H2,1H3,(H2,18,24)(H,25,26)(H2,19,20,27)/t7?,8-,9-,11?/m0/s1. The minimum Gasteiger partial charge on any atom is -0.480 e. The molecule has 1 aromatic heterocycles. The maximum atomic E-state index is 12.1. The number of hydrogen-bond donors (Lipinski definition) is 7. The molecule has 10 N–H and O–H groups in total. The molecule has 0 spiro atoms. The molecule has 13 nitrogen and oxygen atoms in total. The number of aromatic nitrogens is 2. The van der Waals surface area contributed by atoms with E-state index in [0.29, 0.717) is 13.0 Å². The molecule has 1 heterocycles. The molecular weight excluding hydrogens is 374 g/mol. The van der Waals surface area contributed by atoms with Crippen molar-refractivity contribution >= 4 is 17.9 Å². The number of primary amides is 1. The molecule has 0 radical (unpaired) electrons. The molecule has 3 amide bonds. The molecule has 0 aliphatic heterocycles. The SMILES string of the molecule is CC(O)C(NC(=O)N[C@@H](CC(N)=O)c1nc([C@@H](N)CCCCN)no1)C(=O)O. The monoisotopic (exact) mass is 401 g/mol. The summed E-state index contributed by atoms with van der Waals surface area (Å²) in [6.07, 6.45) is 0.407. The van der Waals surface area contributed by atoms with Gasteiger partial charge in [-0.15, -0.1) is 0 Å². The molecule has 0 aliphatic rings. The maximum Gasteiger partial charge on any atom is 0.328 e. The lowest BCUT2D eigenvalue weighted by molar-refractivity contribution is -0.141. The molecule has 158 valence electrons. The highest BCUT2D eigenvalue weighted by Gasteiger charge is 2.29. The normalized spacial score (nSPS) is 15.3. The molecule has 0 aliphatic carbocycles. The van der Waals surface area contributed by atoms with Gasteiger partial charge in [0.05, 0.1) is 18.6 Å². The van der Waals surface area contributed by atoms with Crippen LogP contribution in [0.1, 0.15) is 56.4 Å². The van der Waals surface area contributed by atoms with Gasteiger partial charge in [0.15, 0.2) is 11.9 Å². The van der Waals surface area contributed by atoms with Crippen LogP contribution in [0.5, 0.6) is 0 Å². The fourth-order valence-electron chi connectivity index (χ4n) is 2.31. The van der Waals surface area contributed by atoms with E-state index in [1.807, 2.05) is 0 Å². The molecule has 28 heavy (non-hydrogen) atoms. The number of urea groups is 1. The van der Waals surface area contributed by atoms with Crippen LogP contribution in [-0.4, -0.2) is 57.0 Å². The second kappa shape index (κ2) is 11.2. The lowest BCUT2D eigenvalue weighted by Gasteiger charge is -2.19. The molecule has 0 fully saturated rings. The highest BCUT2D eigenvalue weighted by Crippen LogP contribution is 2.19. The Kier molecular flexibility index (Phi) is 9.27. The van der Waals surface area contributed by atoms with Crippen molar-refractivity contribution in [1.29, 1.82) is 0 Å². The van der Waals surface area contributed by atoms with Gasteiger partial charge >= 0.3 is 12.0 Å². The number of carbonyl (C=O) groups excluding carboxylic acids is 2. The number of nitrogens with two attached hydrogens (primary N) is 3. The van der Waals surface area contributed by atoms with Crippen molar-refractivity contribution in [1.82, 2.24) is 20.8 Å². The van der Waals surface area contributed by atoms with E-state index in [1.165, 1.54) is 6.92 Å². The van der Waals surface area contributed by atoms with E-state index in [4.69, 9.17) is 26.8 Å². The van der Waals surface area contributed by atoms with Gasteiger partial charge in [0, 0.05) is 0 Å². The average molecular weight is 401 g/mol. The van der Waals surface area contributed by atoms with Crippen molar-refractivity contribution in [3.05, 3.63) is 11.7 Å². The Labute approximate surface area is 161 Å². The highest BCUT2D eigenvalue weighted by molar-refractivity contribution is 5.83. The van der Waals surface area contributed by atoms with E-state index in [9.17, 15) is 19.5 Å². The number of hydrogen-bond acceptors (Lipinski definition) is 9. The van der Waals surface area contributed by atoms with Crippen molar-refractivity contribution in [3.8, 4) is 0 Å². The number of rotatable bonds is 12. The summed E-state index contributed by atoms with van der Waals surface area (Å²) in [6.45, 7) is 1.74. The van der Waals surface area contributed by atoms with Gasteiger partial charge in [-0.05, 0) is 26.3 Å². The molecule has 4 atom stereocenters. The predicted octanol–water partition coefficient (Wildman–Crippen LogP) is -1.75. The fourth-order valence-corrected chi connectivity index (χ4v) is 2.31. The number of carboxylic acids is 1. The zero-order valence-electron chi connectivity index (χ0n) is 15.5. The third-order valence-electron chi connectivity index (χ3n) is 3.80. The lowest BCUT2D eigenvalue weighted by atomic mass is 10.1.